The van der Waals surface area contributed by atoms with Crippen molar-refractivity contribution in [1.29, 1.82) is 0 Å². The number of methoxy groups -OCH3 is 1. The van der Waals surface area contributed by atoms with E-state index in [1.54, 1.807) is 7.11 Å². The molecule has 0 saturated carbocycles. The second-order valence-corrected chi connectivity index (χ2v) is 5.72. The Kier molecular flexibility index (Phi) is 6.65. The van der Waals surface area contributed by atoms with Gasteiger partial charge in [0.1, 0.15) is 11.8 Å². The van der Waals surface area contributed by atoms with Crippen molar-refractivity contribution >= 4 is 5.97 Å². The van der Waals surface area contributed by atoms with Crippen molar-refractivity contribution in [3.05, 3.63) is 29.8 Å². The van der Waals surface area contributed by atoms with E-state index in [-0.39, 0.29) is 12.0 Å². The highest BCUT2D eigenvalue weighted by atomic mass is 16.5. The van der Waals surface area contributed by atoms with Crippen LogP contribution in [0.25, 0.3) is 0 Å². The van der Waals surface area contributed by atoms with E-state index >= 15 is 0 Å². The van der Waals surface area contributed by atoms with Gasteiger partial charge in [-0.1, -0.05) is 26.0 Å². The SMILES string of the molecule is COc1cccc(C(CNC(C(=O)O)C(C)C)N(C)C)c1. The summed E-state index contributed by atoms with van der Waals surface area (Å²) in [6.07, 6.45) is 0. The maximum absolute atomic E-state index is 11.3. The number of carboxylic acid groups (broad SMARTS) is 1. The number of nitrogens with one attached hydrogen (secondary N) is 1. The maximum atomic E-state index is 11.3. The molecule has 0 bridgehead atoms. The molecular weight excluding hydrogens is 268 g/mol. The predicted octanol–water partition coefficient (Wildman–Crippen LogP) is 2.00. The third kappa shape index (κ3) is 5.02. The van der Waals surface area contributed by atoms with Crippen LogP contribution in [0.4, 0.5) is 0 Å². The van der Waals surface area contributed by atoms with Gasteiger partial charge in [0.15, 0.2) is 0 Å². The summed E-state index contributed by atoms with van der Waals surface area (Å²) in [5.74, 6) is 0.0294. The highest BCUT2D eigenvalue weighted by Crippen LogP contribution is 2.22. The average Bonchev–Trinajstić information content (AvgIpc) is 2.42. The van der Waals surface area contributed by atoms with Crippen molar-refractivity contribution in [2.75, 3.05) is 27.7 Å². The van der Waals surface area contributed by atoms with Crippen LogP contribution < -0.4 is 10.1 Å². The molecule has 0 radical (unpaired) electrons. The predicted molar refractivity (Wildman–Crippen MR) is 83.7 cm³/mol. The van der Waals surface area contributed by atoms with E-state index < -0.39 is 12.0 Å². The number of hydrogen-bond donors (Lipinski definition) is 2. The molecule has 2 atom stereocenters. The van der Waals surface area contributed by atoms with Crippen LogP contribution in [0, 0.1) is 5.92 Å². The lowest BCUT2D eigenvalue weighted by Crippen LogP contribution is -2.44. The van der Waals surface area contributed by atoms with Gasteiger partial charge in [-0.15, -0.1) is 0 Å². The van der Waals surface area contributed by atoms with Crippen LogP contribution in [0.1, 0.15) is 25.5 Å². The molecule has 1 aromatic carbocycles. The van der Waals surface area contributed by atoms with E-state index in [4.69, 9.17) is 4.74 Å². The lowest BCUT2D eigenvalue weighted by molar-refractivity contribution is -0.140. The molecule has 0 aliphatic heterocycles. The first-order valence-electron chi connectivity index (χ1n) is 7.13. The van der Waals surface area contributed by atoms with Crippen molar-refractivity contribution in [1.82, 2.24) is 10.2 Å². The monoisotopic (exact) mass is 294 g/mol. The van der Waals surface area contributed by atoms with Crippen molar-refractivity contribution in [2.24, 2.45) is 5.92 Å². The molecule has 2 N–H and O–H groups in total. The van der Waals surface area contributed by atoms with Gasteiger partial charge < -0.3 is 20.1 Å². The Morgan fingerprint density at radius 1 is 1.38 bits per heavy atom. The van der Waals surface area contributed by atoms with E-state index in [1.807, 2.05) is 52.2 Å². The van der Waals surface area contributed by atoms with Crippen molar-refractivity contribution in [3.63, 3.8) is 0 Å². The standard InChI is InChI=1S/C16H26N2O3/c1-11(2)15(16(19)20)17-10-14(18(3)4)12-7-6-8-13(9-12)21-5/h6-9,11,14-15,17H,10H2,1-5H3,(H,19,20). The molecule has 21 heavy (non-hydrogen) atoms. The first kappa shape index (κ1) is 17.5. The molecule has 0 saturated heterocycles. The molecule has 5 nitrogen and oxygen atoms in total. The summed E-state index contributed by atoms with van der Waals surface area (Å²) in [5, 5.41) is 12.4. The van der Waals surface area contributed by atoms with Gasteiger partial charge in [0.05, 0.1) is 7.11 Å². The number of ether oxygens (including phenoxy) is 1. The molecular formula is C16H26N2O3. The zero-order valence-corrected chi connectivity index (χ0v) is 13.5. The number of likely N-dealkylation sites (N-methyl/N-ethyl adjacent to an activating group) is 1. The van der Waals surface area contributed by atoms with Crippen molar-refractivity contribution < 1.29 is 14.6 Å². The number of carbonyl (C=O) groups is 1. The van der Waals surface area contributed by atoms with Crippen LogP contribution in [0.15, 0.2) is 24.3 Å². The number of benzene rings is 1. The zero-order chi connectivity index (χ0) is 16.0. The van der Waals surface area contributed by atoms with Gasteiger partial charge in [0, 0.05) is 12.6 Å². The molecule has 2 unspecified atom stereocenters. The number of aliphatic carboxylic acids is 1. The normalized spacial score (nSPS) is 14.2. The lowest BCUT2D eigenvalue weighted by Gasteiger charge is -2.28. The first-order chi connectivity index (χ1) is 9.86. The van der Waals surface area contributed by atoms with Gasteiger partial charge in [-0.25, -0.2) is 0 Å². The topological polar surface area (TPSA) is 61.8 Å². The molecule has 0 heterocycles. The van der Waals surface area contributed by atoms with Gasteiger partial charge in [-0.05, 0) is 37.7 Å². The number of nitrogens with zero attached hydrogens (tertiary/aromatic N) is 1. The average molecular weight is 294 g/mol. The second-order valence-electron chi connectivity index (χ2n) is 5.72. The van der Waals surface area contributed by atoms with Crippen LogP contribution in [-0.4, -0.2) is 49.8 Å². The molecule has 0 amide bonds. The zero-order valence-electron chi connectivity index (χ0n) is 13.5. The summed E-state index contributed by atoms with van der Waals surface area (Å²) >= 11 is 0. The molecule has 0 fully saturated rings. The number of carboxylic acids is 1. The van der Waals surface area contributed by atoms with Gasteiger partial charge in [0.25, 0.3) is 0 Å². The van der Waals surface area contributed by atoms with Crippen molar-refractivity contribution in [2.45, 2.75) is 25.9 Å². The van der Waals surface area contributed by atoms with Gasteiger partial charge in [0.2, 0.25) is 0 Å². The van der Waals surface area contributed by atoms with E-state index in [2.05, 4.69) is 10.2 Å². The Balaban J connectivity index is 2.85. The fourth-order valence-corrected chi connectivity index (χ4v) is 2.29. The van der Waals surface area contributed by atoms with Gasteiger partial charge in [-0.3, -0.25) is 4.79 Å². The van der Waals surface area contributed by atoms with Crippen LogP contribution in [0.5, 0.6) is 5.75 Å². The Morgan fingerprint density at radius 2 is 2.05 bits per heavy atom. The third-order valence-corrected chi connectivity index (χ3v) is 3.57. The second kappa shape index (κ2) is 8.00. The Morgan fingerprint density at radius 3 is 2.52 bits per heavy atom. The minimum atomic E-state index is -0.812. The van der Waals surface area contributed by atoms with E-state index in [0.717, 1.165) is 11.3 Å². The molecule has 0 aliphatic rings. The summed E-state index contributed by atoms with van der Waals surface area (Å²) in [7, 11) is 5.61. The van der Waals surface area contributed by atoms with Gasteiger partial charge >= 0.3 is 5.97 Å². The molecule has 0 aromatic heterocycles. The molecule has 1 rings (SSSR count). The quantitative estimate of drug-likeness (QED) is 0.768. The van der Waals surface area contributed by atoms with Crippen molar-refractivity contribution in [3.8, 4) is 5.75 Å². The van der Waals surface area contributed by atoms with Crippen LogP contribution in [0.2, 0.25) is 0 Å². The number of rotatable bonds is 8. The Bertz CT molecular complexity index is 461. The fraction of sp³-hybridized carbons (Fsp3) is 0.562. The molecule has 0 aliphatic carbocycles. The third-order valence-electron chi connectivity index (χ3n) is 3.57. The Hall–Kier alpha value is -1.59. The summed E-state index contributed by atoms with van der Waals surface area (Å²) in [6, 6.07) is 7.40. The molecule has 5 heteroatoms. The summed E-state index contributed by atoms with van der Waals surface area (Å²) < 4.78 is 5.25. The number of hydrogen-bond acceptors (Lipinski definition) is 4. The Labute approximate surface area is 126 Å². The first-order valence-corrected chi connectivity index (χ1v) is 7.13. The summed E-state index contributed by atoms with van der Waals surface area (Å²) in [5.41, 5.74) is 1.10. The summed E-state index contributed by atoms with van der Waals surface area (Å²) in [4.78, 5) is 13.3. The van der Waals surface area contributed by atoms with Crippen LogP contribution in [-0.2, 0) is 4.79 Å². The molecule has 1 aromatic rings. The van der Waals surface area contributed by atoms with E-state index in [1.165, 1.54) is 0 Å². The maximum Gasteiger partial charge on any atom is 0.320 e. The highest BCUT2D eigenvalue weighted by Gasteiger charge is 2.23. The van der Waals surface area contributed by atoms with Crippen LogP contribution >= 0.6 is 0 Å². The van der Waals surface area contributed by atoms with E-state index in [9.17, 15) is 9.90 Å². The lowest BCUT2D eigenvalue weighted by atomic mass is 10.0. The summed E-state index contributed by atoms with van der Waals surface area (Å²) in [6.45, 7) is 4.37. The van der Waals surface area contributed by atoms with E-state index in [0.29, 0.717) is 6.54 Å². The smallest absolute Gasteiger partial charge is 0.320 e. The van der Waals surface area contributed by atoms with Gasteiger partial charge in [-0.2, -0.15) is 0 Å². The largest absolute Gasteiger partial charge is 0.497 e. The minimum absolute atomic E-state index is 0.0376. The van der Waals surface area contributed by atoms with Crippen LogP contribution in [0.3, 0.4) is 0 Å². The molecule has 118 valence electrons. The molecule has 0 spiro atoms. The minimum Gasteiger partial charge on any atom is -0.497 e. The fourth-order valence-electron chi connectivity index (χ4n) is 2.29. The highest BCUT2D eigenvalue weighted by molar-refractivity contribution is 5.73.